The van der Waals surface area contributed by atoms with Crippen LogP contribution in [-0.2, 0) is 16.0 Å². The average molecular weight is 502 g/mol. The number of nitrogens with one attached hydrogen (secondary N) is 2. The van der Waals surface area contributed by atoms with E-state index in [-0.39, 0.29) is 12.2 Å². The lowest BCUT2D eigenvalue weighted by Gasteiger charge is -2.24. The Hall–Kier alpha value is -3.01. The minimum atomic E-state index is -4.46. The van der Waals surface area contributed by atoms with Crippen molar-refractivity contribution in [2.75, 3.05) is 6.61 Å². The van der Waals surface area contributed by atoms with Crippen LogP contribution in [0.5, 0.6) is 5.75 Å². The van der Waals surface area contributed by atoms with Crippen LogP contribution in [0.15, 0.2) is 42.6 Å². The highest BCUT2D eigenvalue weighted by Crippen LogP contribution is 2.20. The molecule has 11 heteroatoms. The van der Waals surface area contributed by atoms with Gasteiger partial charge in [0.15, 0.2) is 6.61 Å². The zero-order chi connectivity index (χ0) is 25.5. The number of alkyl halides is 3. The Morgan fingerprint density at radius 1 is 1.09 bits per heavy atom. The lowest BCUT2D eigenvalue weighted by molar-refractivity contribution is -0.153. The number of amides is 2. The number of rotatable bonds is 8. The van der Waals surface area contributed by atoms with Gasteiger partial charge in [0.05, 0.1) is 17.9 Å². The van der Waals surface area contributed by atoms with Gasteiger partial charge in [-0.2, -0.15) is 13.2 Å². The van der Waals surface area contributed by atoms with E-state index in [9.17, 15) is 22.8 Å². The molecule has 0 radical (unpaired) electrons. The highest BCUT2D eigenvalue weighted by Gasteiger charge is 2.29. The van der Waals surface area contributed by atoms with E-state index < -0.39 is 42.5 Å². The van der Waals surface area contributed by atoms with Gasteiger partial charge in [-0.25, -0.2) is 4.79 Å². The molecule has 2 atom stereocenters. The fraction of sp³-hybridized carbons (Fsp3) is 0.435. The smallest absolute Gasteiger partial charge is 0.422 e. The molecule has 7 nitrogen and oxygen atoms in total. The third kappa shape index (κ3) is 9.46. The number of aromatic nitrogens is 1. The normalized spacial score (nSPS) is 13.5. The molecule has 0 saturated heterocycles. The maximum absolute atomic E-state index is 13.0. The largest absolute Gasteiger partial charge is 0.483 e. The molecule has 2 amide bonds. The van der Waals surface area contributed by atoms with Crippen molar-refractivity contribution in [2.24, 2.45) is 0 Å². The minimum absolute atomic E-state index is 0.0530. The molecule has 2 aromatic rings. The Labute approximate surface area is 201 Å². The van der Waals surface area contributed by atoms with Gasteiger partial charge < -0.3 is 20.1 Å². The van der Waals surface area contributed by atoms with Crippen molar-refractivity contribution < 1.29 is 32.2 Å². The summed E-state index contributed by atoms with van der Waals surface area (Å²) >= 11 is 6.22. The zero-order valence-electron chi connectivity index (χ0n) is 19.2. The van der Waals surface area contributed by atoms with Gasteiger partial charge in [0, 0.05) is 11.4 Å². The minimum Gasteiger partial charge on any atom is -0.483 e. The third-order valence-corrected chi connectivity index (χ3v) is 4.72. The Balaban J connectivity index is 2.10. The summed E-state index contributed by atoms with van der Waals surface area (Å²) < 4.78 is 46.8. The Morgan fingerprint density at radius 2 is 1.76 bits per heavy atom. The molecule has 0 aliphatic carbocycles. The van der Waals surface area contributed by atoms with E-state index in [4.69, 9.17) is 16.3 Å². The second kappa shape index (κ2) is 11.4. The Kier molecular flexibility index (Phi) is 9.14. The quantitative estimate of drug-likeness (QED) is 0.532. The second-order valence-corrected chi connectivity index (χ2v) is 8.95. The van der Waals surface area contributed by atoms with E-state index in [1.54, 1.807) is 52.0 Å². The average Bonchev–Trinajstić information content (AvgIpc) is 2.71. The number of hydrogen-bond acceptors (Lipinski definition) is 5. The molecule has 0 unspecified atom stereocenters. The van der Waals surface area contributed by atoms with Gasteiger partial charge in [-0.1, -0.05) is 29.8 Å². The summed E-state index contributed by atoms with van der Waals surface area (Å²) in [7, 11) is 0. The molecule has 1 aromatic carbocycles. The third-order valence-electron chi connectivity index (χ3n) is 4.35. The number of carbonyl (C=O) groups excluding carboxylic acids is 2. The maximum atomic E-state index is 13.0. The van der Waals surface area contributed by atoms with Gasteiger partial charge in [0.2, 0.25) is 5.91 Å². The Bertz CT molecular complexity index is 979. The van der Waals surface area contributed by atoms with Crippen LogP contribution in [0.25, 0.3) is 0 Å². The van der Waals surface area contributed by atoms with E-state index in [0.717, 1.165) is 6.20 Å². The van der Waals surface area contributed by atoms with Crippen LogP contribution in [0, 0.1) is 0 Å². The predicted molar refractivity (Wildman–Crippen MR) is 121 cm³/mol. The van der Waals surface area contributed by atoms with Crippen LogP contribution in [-0.4, -0.2) is 41.4 Å². The first kappa shape index (κ1) is 27.2. The van der Waals surface area contributed by atoms with E-state index >= 15 is 0 Å². The fourth-order valence-corrected chi connectivity index (χ4v) is 3.04. The van der Waals surface area contributed by atoms with Gasteiger partial charge >= 0.3 is 12.3 Å². The van der Waals surface area contributed by atoms with Gasteiger partial charge in [-0.05, 0) is 51.5 Å². The molecule has 2 N–H and O–H groups in total. The SMILES string of the molecule is C[C@@H](NC(=O)[C@@H](Cc1ccccc1Cl)NC(=O)OC(C)(C)C)c1ccc(OCC(F)(F)F)cn1. The van der Waals surface area contributed by atoms with Gasteiger partial charge in [0.25, 0.3) is 0 Å². The van der Waals surface area contributed by atoms with Crippen molar-refractivity contribution >= 4 is 23.6 Å². The van der Waals surface area contributed by atoms with Crippen LogP contribution in [0.2, 0.25) is 5.02 Å². The number of carbonyl (C=O) groups is 2. The lowest BCUT2D eigenvalue weighted by Crippen LogP contribution is -2.49. The molecule has 0 aliphatic rings. The first-order chi connectivity index (χ1) is 15.7. The highest BCUT2D eigenvalue weighted by atomic mass is 35.5. The molecular weight excluding hydrogens is 475 g/mol. The van der Waals surface area contributed by atoms with Gasteiger partial charge in [0.1, 0.15) is 17.4 Å². The summed E-state index contributed by atoms with van der Waals surface area (Å²) in [4.78, 5) is 29.4. The molecule has 0 aliphatic heterocycles. The molecule has 0 fully saturated rings. The van der Waals surface area contributed by atoms with Crippen LogP contribution >= 0.6 is 11.6 Å². The highest BCUT2D eigenvalue weighted by molar-refractivity contribution is 6.31. The predicted octanol–water partition coefficient (Wildman–Crippen LogP) is 4.99. The Morgan fingerprint density at radius 3 is 2.32 bits per heavy atom. The van der Waals surface area contributed by atoms with Crippen LogP contribution < -0.4 is 15.4 Å². The maximum Gasteiger partial charge on any atom is 0.422 e. The molecule has 1 aromatic heterocycles. The van der Waals surface area contributed by atoms with Crippen molar-refractivity contribution in [2.45, 2.75) is 58.0 Å². The van der Waals surface area contributed by atoms with Crippen molar-refractivity contribution in [1.82, 2.24) is 15.6 Å². The molecule has 34 heavy (non-hydrogen) atoms. The van der Waals surface area contributed by atoms with E-state index in [0.29, 0.717) is 16.3 Å². The molecule has 0 spiro atoms. The molecule has 0 bridgehead atoms. The van der Waals surface area contributed by atoms with Gasteiger partial charge in [-0.3, -0.25) is 9.78 Å². The first-order valence-corrected chi connectivity index (χ1v) is 10.8. The summed E-state index contributed by atoms with van der Waals surface area (Å²) in [6.07, 6.45) is -3.98. The fourth-order valence-electron chi connectivity index (χ4n) is 2.83. The monoisotopic (exact) mass is 501 g/mol. The molecule has 0 saturated carbocycles. The zero-order valence-corrected chi connectivity index (χ0v) is 20.0. The summed E-state index contributed by atoms with van der Waals surface area (Å²) in [5.41, 5.74) is 0.279. The van der Waals surface area contributed by atoms with Crippen molar-refractivity contribution in [3.05, 3.63) is 58.9 Å². The molecular formula is C23H27ClF3N3O4. The molecule has 186 valence electrons. The number of pyridine rings is 1. The van der Waals surface area contributed by atoms with Gasteiger partial charge in [-0.15, -0.1) is 0 Å². The molecule has 1 heterocycles. The van der Waals surface area contributed by atoms with Crippen LogP contribution in [0.3, 0.4) is 0 Å². The standard InChI is InChI=1S/C23H27ClF3N3O4/c1-14(18-10-9-16(12-28-18)33-13-23(25,26)27)29-20(31)19(30-21(32)34-22(2,3)4)11-15-7-5-6-8-17(15)24/h5-10,12,14,19H,11,13H2,1-4H3,(H,29,31)(H,30,32)/t14-,19-/m1/s1. The van der Waals surface area contributed by atoms with Crippen LogP contribution in [0.1, 0.15) is 45.0 Å². The summed E-state index contributed by atoms with van der Waals surface area (Å²) in [5.74, 6) is -0.569. The number of ether oxygens (including phenoxy) is 2. The van der Waals surface area contributed by atoms with Crippen LogP contribution in [0.4, 0.5) is 18.0 Å². The number of benzene rings is 1. The second-order valence-electron chi connectivity index (χ2n) is 8.55. The van der Waals surface area contributed by atoms with E-state index in [2.05, 4.69) is 20.4 Å². The van der Waals surface area contributed by atoms with E-state index in [1.807, 2.05) is 0 Å². The summed E-state index contributed by atoms with van der Waals surface area (Å²) in [5, 5.41) is 5.75. The number of hydrogen-bond donors (Lipinski definition) is 2. The molecule has 2 rings (SSSR count). The number of alkyl carbamates (subject to hydrolysis) is 1. The van der Waals surface area contributed by atoms with E-state index in [1.165, 1.54) is 12.1 Å². The first-order valence-electron chi connectivity index (χ1n) is 10.4. The number of halogens is 4. The van der Waals surface area contributed by atoms with Crippen molar-refractivity contribution in [1.29, 1.82) is 0 Å². The topological polar surface area (TPSA) is 89.6 Å². The number of nitrogens with zero attached hydrogens (tertiary/aromatic N) is 1. The summed E-state index contributed by atoms with van der Waals surface area (Å²) in [6, 6.07) is 8.08. The summed E-state index contributed by atoms with van der Waals surface area (Å²) in [6.45, 7) is 5.32. The lowest BCUT2D eigenvalue weighted by atomic mass is 10.0. The van der Waals surface area contributed by atoms with Crippen molar-refractivity contribution in [3.8, 4) is 5.75 Å². The van der Waals surface area contributed by atoms with Crippen molar-refractivity contribution in [3.63, 3.8) is 0 Å².